The minimum atomic E-state index is -0.238. The second kappa shape index (κ2) is 9.05. The van der Waals surface area contributed by atoms with Gasteiger partial charge in [-0.3, -0.25) is 4.79 Å². The highest BCUT2D eigenvalue weighted by Gasteiger charge is 2.23. The highest BCUT2D eigenvalue weighted by atomic mass is 16.5. The van der Waals surface area contributed by atoms with Crippen LogP contribution in [0.25, 0.3) is 0 Å². The van der Waals surface area contributed by atoms with Gasteiger partial charge in [-0.15, -0.1) is 0 Å². The zero-order chi connectivity index (χ0) is 19.1. The monoisotopic (exact) mass is 369 g/mol. The molecule has 0 radical (unpaired) electrons. The van der Waals surface area contributed by atoms with Crippen molar-refractivity contribution in [2.75, 3.05) is 31.0 Å². The summed E-state index contributed by atoms with van der Waals surface area (Å²) in [4.78, 5) is 24.1. The summed E-state index contributed by atoms with van der Waals surface area (Å²) in [5.74, 6) is 0.420. The highest BCUT2D eigenvalue weighted by molar-refractivity contribution is 6.04. The number of ether oxygens (including phenoxy) is 2. The number of hydrogen-bond acceptors (Lipinski definition) is 4. The van der Waals surface area contributed by atoms with Gasteiger partial charge in [0.2, 0.25) is 0 Å². The Labute approximate surface area is 158 Å². The number of hydrogen-bond donors (Lipinski definition) is 3. The van der Waals surface area contributed by atoms with E-state index in [-0.39, 0.29) is 11.9 Å². The maximum absolute atomic E-state index is 12.4. The van der Waals surface area contributed by atoms with Crippen molar-refractivity contribution < 1.29 is 19.1 Å². The zero-order valence-electron chi connectivity index (χ0n) is 15.2. The van der Waals surface area contributed by atoms with Gasteiger partial charge in [0, 0.05) is 36.2 Å². The third-order valence-corrected chi connectivity index (χ3v) is 3.97. The normalized spacial score (nSPS) is 12.9. The number of amides is 3. The van der Waals surface area contributed by atoms with Gasteiger partial charge in [-0.2, -0.15) is 0 Å². The van der Waals surface area contributed by atoms with Crippen molar-refractivity contribution >= 4 is 23.3 Å². The number of nitrogens with one attached hydrogen (secondary N) is 3. The maximum Gasteiger partial charge on any atom is 0.319 e. The lowest BCUT2D eigenvalue weighted by Gasteiger charge is -2.10. The molecule has 0 bridgehead atoms. The van der Waals surface area contributed by atoms with Crippen LogP contribution < -0.4 is 20.7 Å². The van der Waals surface area contributed by atoms with Gasteiger partial charge in [-0.1, -0.05) is 6.07 Å². The molecule has 0 aliphatic heterocycles. The lowest BCUT2D eigenvalue weighted by Crippen LogP contribution is -2.30. The first-order valence-electron chi connectivity index (χ1n) is 8.85. The minimum absolute atomic E-state index is 0.222. The molecule has 1 saturated carbocycles. The first-order chi connectivity index (χ1) is 13.1. The molecule has 0 atom stereocenters. The Kier molecular flexibility index (Phi) is 6.27. The Hall–Kier alpha value is -3.06. The number of carbonyl (C=O) groups excluding carboxylic acids is 2. The predicted octanol–water partition coefficient (Wildman–Crippen LogP) is 3.25. The summed E-state index contributed by atoms with van der Waals surface area (Å²) in [6, 6.07) is 14.0. The topological polar surface area (TPSA) is 88.7 Å². The molecular formula is C20H23N3O4. The van der Waals surface area contributed by atoms with E-state index >= 15 is 0 Å². The van der Waals surface area contributed by atoms with Crippen molar-refractivity contribution in [1.82, 2.24) is 5.32 Å². The number of methoxy groups -OCH3 is 1. The van der Waals surface area contributed by atoms with Crippen molar-refractivity contribution in [1.29, 1.82) is 0 Å². The molecule has 0 aromatic heterocycles. The van der Waals surface area contributed by atoms with E-state index in [1.807, 2.05) is 12.1 Å². The summed E-state index contributed by atoms with van der Waals surface area (Å²) in [7, 11) is 1.61. The molecule has 0 heterocycles. The quantitative estimate of drug-likeness (QED) is 0.623. The first kappa shape index (κ1) is 18.7. The van der Waals surface area contributed by atoms with Gasteiger partial charge in [-0.25, -0.2) is 4.79 Å². The summed E-state index contributed by atoms with van der Waals surface area (Å²) < 4.78 is 10.5. The molecule has 3 N–H and O–H groups in total. The molecule has 142 valence electrons. The van der Waals surface area contributed by atoms with Gasteiger partial charge in [0.1, 0.15) is 12.4 Å². The standard InChI is InChI=1S/C20H23N3O4/c1-26-11-12-27-18-4-2-3-17(13-18)21-19(24)14-5-7-15(8-6-14)22-20(25)23-16-9-10-16/h2-8,13,16H,9-12H2,1H3,(H,21,24)(H2,22,23,25). The van der Waals surface area contributed by atoms with Crippen LogP contribution >= 0.6 is 0 Å². The average molecular weight is 369 g/mol. The summed E-state index contributed by atoms with van der Waals surface area (Å²) in [6.45, 7) is 0.937. The molecule has 27 heavy (non-hydrogen) atoms. The molecule has 1 aliphatic carbocycles. The Bertz CT molecular complexity index is 788. The lowest BCUT2D eigenvalue weighted by molar-refractivity contribution is 0.102. The summed E-state index contributed by atoms with van der Waals surface area (Å²) in [5, 5.41) is 8.43. The van der Waals surface area contributed by atoms with Crippen molar-refractivity contribution in [2.24, 2.45) is 0 Å². The SMILES string of the molecule is COCCOc1cccc(NC(=O)c2ccc(NC(=O)NC3CC3)cc2)c1. The van der Waals surface area contributed by atoms with E-state index in [0.717, 1.165) is 12.8 Å². The van der Waals surface area contributed by atoms with Crippen LogP contribution in [0, 0.1) is 0 Å². The molecule has 3 amide bonds. The van der Waals surface area contributed by atoms with Crippen molar-refractivity contribution in [3.8, 4) is 5.75 Å². The second-order valence-corrected chi connectivity index (χ2v) is 6.27. The number of benzene rings is 2. The van der Waals surface area contributed by atoms with Gasteiger partial charge in [0.25, 0.3) is 5.91 Å². The molecule has 1 fully saturated rings. The van der Waals surface area contributed by atoms with Gasteiger partial charge in [-0.05, 0) is 49.2 Å². The molecule has 0 saturated heterocycles. The van der Waals surface area contributed by atoms with E-state index < -0.39 is 0 Å². The van der Waals surface area contributed by atoms with Crippen molar-refractivity contribution in [3.63, 3.8) is 0 Å². The fraction of sp³-hybridized carbons (Fsp3) is 0.300. The molecule has 0 spiro atoms. The van der Waals surface area contributed by atoms with Gasteiger partial charge in [0.15, 0.2) is 0 Å². The van der Waals surface area contributed by atoms with Gasteiger partial charge in [0.05, 0.1) is 6.61 Å². The minimum Gasteiger partial charge on any atom is -0.491 e. The average Bonchev–Trinajstić information content (AvgIpc) is 3.46. The summed E-state index contributed by atoms with van der Waals surface area (Å²) >= 11 is 0. The summed E-state index contributed by atoms with van der Waals surface area (Å²) in [5.41, 5.74) is 1.77. The highest BCUT2D eigenvalue weighted by Crippen LogP contribution is 2.20. The van der Waals surface area contributed by atoms with E-state index in [1.54, 1.807) is 43.5 Å². The largest absolute Gasteiger partial charge is 0.491 e. The number of rotatable bonds is 8. The van der Waals surface area contributed by atoms with E-state index in [0.29, 0.717) is 41.9 Å². The molecule has 2 aromatic carbocycles. The lowest BCUT2D eigenvalue weighted by atomic mass is 10.2. The zero-order valence-corrected chi connectivity index (χ0v) is 15.2. The Balaban J connectivity index is 1.54. The van der Waals surface area contributed by atoms with Crippen molar-refractivity contribution in [2.45, 2.75) is 18.9 Å². The van der Waals surface area contributed by atoms with Crippen molar-refractivity contribution in [3.05, 3.63) is 54.1 Å². The number of urea groups is 1. The first-order valence-corrected chi connectivity index (χ1v) is 8.85. The van der Waals surface area contributed by atoms with Crippen LogP contribution in [0.5, 0.6) is 5.75 Å². The van der Waals surface area contributed by atoms with Gasteiger partial charge < -0.3 is 25.4 Å². The smallest absolute Gasteiger partial charge is 0.319 e. The van der Waals surface area contributed by atoms with E-state index in [4.69, 9.17) is 9.47 Å². The third kappa shape index (κ3) is 6.00. The molecular weight excluding hydrogens is 346 g/mol. The molecule has 0 unspecified atom stereocenters. The molecule has 7 heteroatoms. The fourth-order valence-electron chi connectivity index (χ4n) is 2.39. The second-order valence-electron chi connectivity index (χ2n) is 6.27. The molecule has 3 rings (SSSR count). The van der Waals surface area contributed by atoms with Gasteiger partial charge >= 0.3 is 6.03 Å². The number of carbonyl (C=O) groups is 2. The maximum atomic E-state index is 12.4. The predicted molar refractivity (Wildman–Crippen MR) is 103 cm³/mol. The van der Waals surface area contributed by atoms with Crippen LogP contribution in [-0.2, 0) is 4.74 Å². The third-order valence-electron chi connectivity index (χ3n) is 3.97. The molecule has 7 nitrogen and oxygen atoms in total. The Morgan fingerprint density at radius 1 is 1.00 bits per heavy atom. The summed E-state index contributed by atoms with van der Waals surface area (Å²) in [6.07, 6.45) is 2.07. The van der Waals surface area contributed by atoms with E-state index in [9.17, 15) is 9.59 Å². The van der Waals surface area contributed by atoms with E-state index in [2.05, 4.69) is 16.0 Å². The van der Waals surface area contributed by atoms with Crippen LogP contribution in [0.4, 0.5) is 16.2 Å². The van der Waals surface area contributed by atoms with Crippen LogP contribution in [0.1, 0.15) is 23.2 Å². The fourth-order valence-corrected chi connectivity index (χ4v) is 2.39. The Morgan fingerprint density at radius 3 is 2.48 bits per heavy atom. The van der Waals surface area contributed by atoms with Crippen LogP contribution in [0.3, 0.4) is 0 Å². The molecule has 2 aromatic rings. The van der Waals surface area contributed by atoms with Crippen LogP contribution in [0.2, 0.25) is 0 Å². The number of anilines is 2. The van der Waals surface area contributed by atoms with Crippen LogP contribution in [-0.4, -0.2) is 38.3 Å². The van der Waals surface area contributed by atoms with Crippen LogP contribution in [0.15, 0.2) is 48.5 Å². The molecule has 1 aliphatic rings. The van der Waals surface area contributed by atoms with E-state index in [1.165, 1.54) is 0 Å². The Morgan fingerprint density at radius 2 is 1.78 bits per heavy atom.